The number of nitrogens with zero attached hydrogens (tertiary/aromatic N) is 1. The Hall–Kier alpha value is -1.13. The molecule has 0 bridgehead atoms. The lowest BCUT2D eigenvalue weighted by molar-refractivity contribution is 0.0913. The van der Waals surface area contributed by atoms with Crippen LogP contribution in [-0.2, 0) is 0 Å². The largest absolute Gasteiger partial charge is 0.391 e. The molecule has 0 saturated heterocycles. The molecule has 4 nitrogen and oxygen atoms in total. The molecule has 0 aromatic carbocycles. The Morgan fingerprint density at radius 2 is 2.31 bits per heavy atom. The molecule has 1 atom stereocenters. The number of amides is 1. The standard InChI is InChI=1S/C11H15ClN2O2/c1-3-9(15)6-13-11(16)8-4-7(2)14-10(12)5-8/h4-5,9,15H,3,6H2,1-2H3,(H,13,16). The molecule has 5 heteroatoms. The summed E-state index contributed by atoms with van der Waals surface area (Å²) < 4.78 is 0. The number of nitrogens with one attached hydrogen (secondary N) is 1. The molecular formula is C11H15ClN2O2. The van der Waals surface area contributed by atoms with E-state index in [-0.39, 0.29) is 12.5 Å². The van der Waals surface area contributed by atoms with Gasteiger partial charge in [-0.05, 0) is 25.5 Å². The van der Waals surface area contributed by atoms with Gasteiger partial charge in [-0.15, -0.1) is 0 Å². The van der Waals surface area contributed by atoms with E-state index in [0.29, 0.717) is 22.8 Å². The lowest BCUT2D eigenvalue weighted by atomic mass is 10.2. The maximum atomic E-state index is 11.7. The van der Waals surface area contributed by atoms with Crippen molar-refractivity contribution in [2.24, 2.45) is 0 Å². The zero-order chi connectivity index (χ0) is 12.1. The highest BCUT2D eigenvalue weighted by atomic mass is 35.5. The smallest absolute Gasteiger partial charge is 0.251 e. The van der Waals surface area contributed by atoms with Crippen LogP contribution in [0.3, 0.4) is 0 Å². The van der Waals surface area contributed by atoms with Gasteiger partial charge in [0.2, 0.25) is 0 Å². The molecule has 2 N–H and O–H groups in total. The van der Waals surface area contributed by atoms with Gasteiger partial charge < -0.3 is 10.4 Å². The van der Waals surface area contributed by atoms with Gasteiger partial charge in [0.25, 0.3) is 5.91 Å². The fourth-order valence-corrected chi connectivity index (χ4v) is 1.47. The molecule has 16 heavy (non-hydrogen) atoms. The molecule has 1 aromatic rings. The van der Waals surface area contributed by atoms with Crippen LogP contribution in [0.2, 0.25) is 5.15 Å². The van der Waals surface area contributed by atoms with E-state index in [1.807, 2.05) is 6.92 Å². The molecule has 1 heterocycles. The van der Waals surface area contributed by atoms with Gasteiger partial charge in [0.1, 0.15) is 5.15 Å². The molecule has 1 unspecified atom stereocenters. The molecule has 0 aliphatic rings. The summed E-state index contributed by atoms with van der Waals surface area (Å²) in [5, 5.41) is 12.2. The van der Waals surface area contributed by atoms with Crippen molar-refractivity contribution >= 4 is 17.5 Å². The number of aliphatic hydroxyl groups is 1. The number of carbonyl (C=O) groups excluding carboxylic acids is 1. The molecule has 0 spiro atoms. The molecule has 0 fully saturated rings. The molecule has 88 valence electrons. The summed E-state index contributed by atoms with van der Waals surface area (Å²) in [7, 11) is 0. The first-order chi connectivity index (χ1) is 7.52. The highest BCUT2D eigenvalue weighted by Crippen LogP contribution is 2.10. The van der Waals surface area contributed by atoms with Crippen LogP contribution >= 0.6 is 11.6 Å². The van der Waals surface area contributed by atoms with E-state index in [4.69, 9.17) is 11.6 Å². The van der Waals surface area contributed by atoms with Crippen LogP contribution in [0.5, 0.6) is 0 Å². The van der Waals surface area contributed by atoms with Gasteiger partial charge in [0.05, 0.1) is 6.10 Å². The first kappa shape index (κ1) is 12.9. The Kier molecular flexibility index (Phi) is 4.71. The van der Waals surface area contributed by atoms with Crippen molar-refractivity contribution in [2.75, 3.05) is 6.54 Å². The summed E-state index contributed by atoms with van der Waals surface area (Å²) in [6, 6.07) is 3.15. The Balaban J connectivity index is 2.66. The summed E-state index contributed by atoms with van der Waals surface area (Å²) >= 11 is 5.74. The second-order valence-electron chi connectivity index (χ2n) is 3.59. The minimum Gasteiger partial charge on any atom is -0.391 e. The summed E-state index contributed by atoms with van der Waals surface area (Å²) in [5.41, 5.74) is 1.15. The number of aryl methyl sites for hydroxylation is 1. The quantitative estimate of drug-likeness (QED) is 0.788. The highest BCUT2D eigenvalue weighted by Gasteiger charge is 2.09. The second-order valence-corrected chi connectivity index (χ2v) is 3.98. The van der Waals surface area contributed by atoms with Crippen molar-refractivity contribution in [1.82, 2.24) is 10.3 Å². The summed E-state index contributed by atoms with van der Waals surface area (Å²) in [6.07, 6.45) is 0.0958. The van der Waals surface area contributed by atoms with Gasteiger partial charge in [-0.2, -0.15) is 0 Å². The third-order valence-corrected chi connectivity index (χ3v) is 2.35. The SMILES string of the molecule is CCC(O)CNC(=O)c1cc(C)nc(Cl)c1. The Morgan fingerprint density at radius 1 is 1.62 bits per heavy atom. The number of hydrogen-bond acceptors (Lipinski definition) is 3. The number of carbonyl (C=O) groups is 1. The van der Waals surface area contributed by atoms with E-state index in [1.54, 1.807) is 13.0 Å². The number of pyridine rings is 1. The predicted octanol–water partition coefficient (Wildman–Crippen LogP) is 1.54. The topological polar surface area (TPSA) is 62.2 Å². The van der Waals surface area contributed by atoms with Crippen molar-refractivity contribution in [3.05, 3.63) is 28.5 Å². The van der Waals surface area contributed by atoms with Crippen molar-refractivity contribution < 1.29 is 9.90 Å². The zero-order valence-corrected chi connectivity index (χ0v) is 10.1. The minimum atomic E-state index is -0.512. The molecular weight excluding hydrogens is 228 g/mol. The third kappa shape index (κ3) is 3.79. The van der Waals surface area contributed by atoms with Crippen LogP contribution in [0.1, 0.15) is 29.4 Å². The van der Waals surface area contributed by atoms with E-state index >= 15 is 0 Å². The van der Waals surface area contributed by atoms with Crippen LogP contribution in [0, 0.1) is 6.92 Å². The number of rotatable bonds is 4. The summed E-state index contributed by atoms with van der Waals surface area (Å²) in [5.74, 6) is -0.250. The predicted molar refractivity (Wildman–Crippen MR) is 62.6 cm³/mol. The van der Waals surface area contributed by atoms with Gasteiger partial charge in [-0.3, -0.25) is 4.79 Å². The number of hydrogen-bond donors (Lipinski definition) is 2. The maximum Gasteiger partial charge on any atom is 0.251 e. The Morgan fingerprint density at radius 3 is 2.88 bits per heavy atom. The van der Waals surface area contributed by atoms with Gasteiger partial charge in [-0.25, -0.2) is 4.98 Å². The molecule has 1 amide bonds. The van der Waals surface area contributed by atoms with Crippen LogP contribution < -0.4 is 5.32 Å². The number of halogens is 1. The van der Waals surface area contributed by atoms with E-state index in [9.17, 15) is 9.90 Å². The zero-order valence-electron chi connectivity index (χ0n) is 9.33. The summed E-state index contributed by atoms with van der Waals surface area (Å²) in [6.45, 7) is 3.86. The molecule has 0 aliphatic heterocycles. The molecule has 1 rings (SSSR count). The second kappa shape index (κ2) is 5.82. The molecule has 0 aliphatic carbocycles. The minimum absolute atomic E-state index is 0.244. The van der Waals surface area contributed by atoms with Gasteiger partial charge >= 0.3 is 0 Å². The molecule has 0 saturated carbocycles. The first-order valence-corrected chi connectivity index (χ1v) is 5.51. The first-order valence-electron chi connectivity index (χ1n) is 5.13. The van der Waals surface area contributed by atoms with E-state index in [1.165, 1.54) is 6.07 Å². The van der Waals surface area contributed by atoms with Gasteiger partial charge in [0.15, 0.2) is 0 Å². The average Bonchev–Trinajstić information content (AvgIpc) is 2.23. The number of aliphatic hydroxyl groups excluding tert-OH is 1. The maximum absolute atomic E-state index is 11.7. The highest BCUT2D eigenvalue weighted by molar-refractivity contribution is 6.29. The van der Waals surface area contributed by atoms with Crippen molar-refractivity contribution in [1.29, 1.82) is 0 Å². The fourth-order valence-electron chi connectivity index (χ4n) is 1.22. The van der Waals surface area contributed by atoms with E-state index in [2.05, 4.69) is 10.3 Å². The summed E-state index contributed by atoms with van der Waals surface area (Å²) in [4.78, 5) is 15.6. The molecule has 0 radical (unpaired) electrons. The Bertz CT molecular complexity index is 362. The average molecular weight is 243 g/mol. The lowest BCUT2D eigenvalue weighted by Crippen LogP contribution is -2.31. The van der Waals surface area contributed by atoms with Gasteiger partial charge in [0, 0.05) is 17.8 Å². The van der Waals surface area contributed by atoms with Crippen molar-refractivity contribution in [3.63, 3.8) is 0 Å². The van der Waals surface area contributed by atoms with Crippen molar-refractivity contribution in [2.45, 2.75) is 26.4 Å². The van der Waals surface area contributed by atoms with Crippen LogP contribution in [0.15, 0.2) is 12.1 Å². The van der Waals surface area contributed by atoms with Crippen LogP contribution in [0.25, 0.3) is 0 Å². The van der Waals surface area contributed by atoms with Crippen molar-refractivity contribution in [3.8, 4) is 0 Å². The normalized spacial score (nSPS) is 12.2. The van der Waals surface area contributed by atoms with Crippen LogP contribution in [-0.4, -0.2) is 28.6 Å². The Labute approximate surface area is 99.6 Å². The van der Waals surface area contributed by atoms with E-state index < -0.39 is 6.10 Å². The van der Waals surface area contributed by atoms with Gasteiger partial charge in [-0.1, -0.05) is 18.5 Å². The van der Waals surface area contributed by atoms with Crippen LogP contribution in [0.4, 0.5) is 0 Å². The monoisotopic (exact) mass is 242 g/mol. The molecule has 1 aromatic heterocycles. The lowest BCUT2D eigenvalue weighted by Gasteiger charge is -2.09. The number of aromatic nitrogens is 1. The fraction of sp³-hybridized carbons (Fsp3) is 0.455. The van der Waals surface area contributed by atoms with E-state index in [0.717, 1.165) is 0 Å². The third-order valence-electron chi connectivity index (χ3n) is 2.15.